The lowest BCUT2D eigenvalue weighted by atomic mass is 9.50. The third-order valence-electron chi connectivity index (χ3n) is 5.60. The number of nitrogens with one attached hydrogen (secondary N) is 1. The van der Waals surface area contributed by atoms with Crippen molar-refractivity contribution in [2.45, 2.75) is 43.3 Å². The monoisotopic (exact) mass is 298 g/mol. The zero-order valence-corrected chi connectivity index (χ0v) is 12.4. The van der Waals surface area contributed by atoms with Crippen molar-refractivity contribution in [2.75, 3.05) is 13.2 Å². The van der Waals surface area contributed by atoms with E-state index in [9.17, 15) is 9.70 Å². The van der Waals surface area contributed by atoms with Gasteiger partial charge < -0.3 is 10.4 Å². The zero-order chi connectivity index (χ0) is 14.2. The number of carbonyl (C=O) groups excluding carboxylic acids is 1. The van der Waals surface area contributed by atoms with Gasteiger partial charge in [0.25, 0.3) is 0 Å². The summed E-state index contributed by atoms with van der Waals surface area (Å²) < 4.78 is 2.84. The molecule has 4 saturated carbocycles. The molecule has 4 bridgehead atoms. The van der Waals surface area contributed by atoms with Gasteiger partial charge in [-0.25, -0.2) is 0 Å². The summed E-state index contributed by atoms with van der Waals surface area (Å²) in [4.78, 5) is 23.0. The molecule has 0 radical (unpaired) electrons. The maximum atomic E-state index is 12.1. The van der Waals surface area contributed by atoms with Gasteiger partial charge in [-0.1, -0.05) is 0 Å². The third-order valence-corrected chi connectivity index (χ3v) is 6.82. The minimum Gasteiger partial charge on any atom is -0.395 e. The van der Waals surface area contributed by atoms with Crippen LogP contribution in [0.2, 0.25) is 0 Å². The fourth-order valence-corrected chi connectivity index (χ4v) is 6.05. The number of nitroso groups, excluding NO2 is 1. The van der Waals surface area contributed by atoms with Crippen LogP contribution in [0.3, 0.4) is 0 Å². The first-order chi connectivity index (χ1) is 9.68. The van der Waals surface area contributed by atoms with E-state index in [4.69, 9.17) is 5.11 Å². The molecular weight excluding hydrogens is 276 g/mol. The van der Waals surface area contributed by atoms with Crippen LogP contribution in [0, 0.1) is 28.6 Å². The minimum atomic E-state index is -0.283. The van der Waals surface area contributed by atoms with Gasteiger partial charge in [0, 0.05) is 29.5 Å². The summed E-state index contributed by atoms with van der Waals surface area (Å²) >= 11 is 1.12. The SMILES string of the molecule is O=NSC1(CC(=O)NCCO)C2CC3CC(C2)CC1C3. The molecule has 0 unspecified atom stereocenters. The Labute approximate surface area is 123 Å². The number of aliphatic hydroxyl groups is 1. The van der Waals surface area contributed by atoms with E-state index in [1.54, 1.807) is 0 Å². The molecule has 0 saturated heterocycles. The van der Waals surface area contributed by atoms with Crippen LogP contribution in [-0.2, 0) is 4.79 Å². The second-order valence-electron chi connectivity index (χ2n) is 6.68. The molecule has 0 aliphatic heterocycles. The second-order valence-corrected chi connectivity index (χ2v) is 7.77. The van der Waals surface area contributed by atoms with E-state index < -0.39 is 0 Å². The summed E-state index contributed by atoms with van der Waals surface area (Å²) in [5.74, 6) is 2.47. The molecule has 6 heteroatoms. The Balaban J connectivity index is 1.77. The lowest BCUT2D eigenvalue weighted by Gasteiger charge is -2.59. The molecule has 0 aromatic heterocycles. The van der Waals surface area contributed by atoms with Gasteiger partial charge in [-0.15, -0.1) is 4.91 Å². The predicted octanol–water partition coefficient (Wildman–Crippen LogP) is 2.09. The number of aliphatic hydroxyl groups excluding tert-OH is 1. The third kappa shape index (κ3) is 2.37. The summed E-state index contributed by atoms with van der Waals surface area (Å²) in [5, 5.41) is 11.5. The van der Waals surface area contributed by atoms with Crippen molar-refractivity contribution in [3.8, 4) is 0 Å². The van der Waals surface area contributed by atoms with E-state index in [0.29, 0.717) is 18.3 Å². The molecule has 4 rings (SSSR count). The molecule has 5 nitrogen and oxygen atoms in total. The highest BCUT2D eigenvalue weighted by Gasteiger charge is 2.58. The highest BCUT2D eigenvalue weighted by molar-refractivity contribution is 7.99. The van der Waals surface area contributed by atoms with E-state index >= 15 is 0 Å². The number of hydrogen-bond acceptors (Lipinski definition) is 5. The largest absolute Gasteiger partial charge is 0.395 e. The van der Waals surface area contributed by atoms with Gasteiger partial charge in [-0.3, -0.25) is 4.79 Å². The fourth-order valence-electron chi connectivity index (χ4n) is 5.03. The van der Waals surface area contributed by atoms with Gasteiger partial charge in [0.05, 0.1) is 11.4 Å². The maximum absolute atomic E-state index is 12.1. The molecule has 1 amide bonds. The summed E-state index contributed by atoms with van der Waals surface area (Å²) in [6, 6.07) is 0. The smallest absolute Gasteiger partial charge is 0.221 e. The van der Waals surface area contributed by atoms with E-state index in [1.165, 1.54) is 6.42 Å². The van der Waals surface area contributed by atoms with Crippen molar-refractivity contribution in [3.63, 3.8) is 0 Å². The van der Waals surface area contributed by atoms with Crippen molar-refractivity contribution in [3.05, 3.63) is 4.91 Å². The first kappa shape index (κ1) is 14.3. The van der Waals surface area contributed by atoms with Crippen LogP contribution in [0.4, 0.5) is 0 Å². The summed E-state index contributed by atoms with van der Waals surface area (Å²) in [5.41, 5.74) is 0. The van der Waals surface area contributed by atoms with Crippen molar-refractivity contribution in [1.29, 1.82) is 0 Å². The Morgan fingerprint density at radius 1 is 1.20 bits per heavy atom. The van der Waals surface area contributed by atoms with Gasteiger partial charge in [0.1, 0.15) is 0 Å². The second kappa shape index (κ2) is 5.64. The number of amides is 1. The molecule has 112 valence electrons. The van der Waals surface area contributed by atoms with E-state index in [1.807, 2.05) is 0 Å². The topological polar surface area (TPSA) is 78.8 Å². The van der Waals surface area contributed by atoms with Crippen LogP contribution < -0.4 is 5.32 Å². The summed E-state index contributed by atoms with van der Waals surface area (Å²) in [6.07, 6.45) is 6.34. The fraction of sp³-hybridized carbons (Fsp3) is 0.929. The van der Waals surface area contributed by atoms with E-state index in [0.717, 1.165) is 49.5 Å². The van der Waals surface area contributed by atoms with Gasteiger partial charge in [-0.05, 0) is 55.8 Å². The number of rotatable bonds is 6. The molecule has 0 heterocycles. The highest BCUT2D eigenvalue weighted by atomic mass is 32.2. The number of carbonyl (C=O) groups is 1. The van der Waals surface area contributed by atoms with Gasteiger partial charge in [0.15, 0.2) is 0 Å². The maximum Gasteiger partial charge on any atom is 0.221 e. The minimum absolute atomic E-state index is 0.0468. The van der Waals surface area contributed by atoms with Crippen LogP contribution in [0.5, 0.6) is 0 Å². The quantitative estimate of drug-likeness (QED) is 0.581. The van der Waals surface area contributed by atoms with Crippen LogP contribution in [0.1, 0.15) is 38.5 Å². The van der Waals surface area contributed by atoms with Crippen molar-refractivity contribution >= 4 is 17.9 Å². The summed E-state index contributed by atoms with van der Waals surface area (Å²) in [6.45, 7) is 0.240. The molecule has 0 atom stereocenters. The average molecular weight is 298 g/mol. The zero-order valence-electron chi connectivity index (χ0n) is 11.6. The molecule has 20 heavy (non-hydrogen) atoms. The molecule has 4 fully saturated rings. The van der Waals surface area contributed by atoms with Crippen LogP contribution >= 0.6 is 11.9 Å². The highest BCUT2D eigenvalue weighted by Crippen LogP contribution is 2.64. The molecule has 4 aliphatic carbocycles. The molecule has 4 aliphatic rings. The predicted molar refractivity (Wildman–Crippen MR) is 77.9 cm³/mol. The Morgan fingerprint density at radius 3 is 2.30 bits per heavy atom. The number of nitrogens with zero attached hydrogens (tertiary/aromatic N) is 1. The van der Waals surface area contributed by atoms with Crippen molar-refractivity contribution in [2.24, 2.45) is 28.3 Å². The molecule has 0 aromatic rings. The Morgan fingerprint density at radius 2 is 1.80 bits per heavy atom. The standard InChI is InChI=1S/C14H22N2O3S/c17-2-1-15-13(18)8-14(20-16-19)11-4-9-3-10(6-11)7-12(14)5-9/h9-12,17H,1-8H2,(H,15,18). The summed E-state index contributed by atoms with van der Waals surface area (Å²) in [7, 11) is 0. The van der Waals surface area contributed by atoms with E-state index in [2.05, 4.69) is 9.90 Å². The van der Waals surface area contributed by atoms with Gasteiger partial charge in [-0.2, -0.15) is 0 Å². The molecule has 0 aromatic carbocycles. The first-order valence-electron chi connectivity index (χ1n) is 7.56. The molecular formula is C14H22N2O3S. The Bertz CT molecular complexity index is 374. The van der Waals surface area contributed by atoms with Crippen molar-refractivity contribution < 1.29 is 9.90 Å². The molecule has 0 spiro atoms. The van der Waals surface area contributed by atoms with E-state index in [-0.39, 0.29) is 23.8 Å². The van der Waals surface area contributed by atoms with Crippen molar-refractivity contribution in [1.82, 2.24) is 5.32 Å². The lowest BCUT2D eigenvalue weighted by molar-refractivity contribution is -0.124. The van der Waals surface area contributed by atoms with Crippen LogP contribution in [0.25, 0.3) is 0 Å². The van der Waals surface area contributed by atoms with Crippen LogP contribution in [0.15, 0.2) is 4.58 Å². The van der Waals surface area contributed by atoms with Crippen LogP contribution in [-0.4, -0.2) is 28.9 Å². The first-order valence-corrected chi connectivity index (χ1v) is 8.33. The lowest BCUT2D eigenvalue weighted by Crippen LogP contribution is -2.57. The average Bonchev–Trinajstić information content (AvgIpc) is 2.42. The van der Waals surface area contributed by atoms with Gasteiger partial charge in [0.2, 0.25) is 5.91 Å². The van der Waals surface area contributed by atoms with Gasteiger partial charge >= 0.3 is 0 Å². The Kier molecular flexibility index (Phi) is 4.04. The Hall–Kier alpha value is -0.620. The molecule has 2 N–H and O–H groups in total. The number of hydrogen-bond donors (Lipinski definition) is 2. The normalized spacial score (nSPS) is 41.6.